The monoisotopic (exact) mass is 447 g/mol. The summed E-state index contributed by atoms with van der Waals surface area (Å²) in [5.74, 6) is 0. The fraction of sp³-hybridized carbons (Fsp3) is 0.706. The summed E-state index contributed by atoms with van der Waals surface area (Å²) >= 11 is 1.55. The number of aromatic nitrogens is 1. The minimum absolute atomic E-state index is 1.33. The molecule has 0 fully saturated rings. The molecule has 0 atom stereocenters. The molecule has 1 rings (SSSR count). The number of rotatable bonds is 10. The molecule has 114 valence electrons. The van der Waals surface area contributed by atoms with Crippen molar-refractivity contribution in [1.29, 1.82) is 0 Å². The molecule has 0 aliphatic heterocycles. The van der Waals surface area contributed by atoms with E-state index in [1.165, 1.54) is 56.3 Å². The summed E-state index contributed by atoms with van der Waals surface area (Å²) in [5.41, 5.74) is 0. The van der Waals surface area contributed by atoms with Crippen molar-refractivity contribution >= 4 is 37.9 Å². The second kappa shape index (κ2) is 10.2. The topological polar surface area (TPSA) is 12.9 Å². The predicted octanol–water partition coefficient (Wildman–Crippen LogP) is 5.90. The molecule has 0 radical (unpaired) electrons. The molecule has 0 bridgehead atoms. The summed E-state index contributed by atoms with van der Waals surface area (Å²) in [5, 5.41) is 0. The average molecular weight is 447 g/mol. The first-order chi connectivity index (χ1) is 9.70. The Hall–Kier alpha value is 0.429. The standard InChI is InChI=1S/C5H3BrN.3C4H9.Sn/c6-5-1-3-7-4-2-5;3*1-3-4-2;/h1,3-4H;3*1,3-4H2,2H3;. The van der Waals surface area contributed by atoms with E-state index in [-0.39, 0.29) is 0 Å². The molecule has 0 aliphatic rings. The SMILES string of the molecule is CCC[CH2][Sn]([CH2]CCC)([CH2]CCC)[c]1cnccc1Br. The maximum absolute atomic E-state index is 4.46. The average Bonchev–Trinajstić information content (AvgIpc) is 2.48. The van der Waals surface area contributed by atoms with E-state index >= 15 is 0 Å². The van der Waals surface area contributed by atoms with Gasteiger partial charge in [0.1, 0.15) is 0 Å². The molecule has 20 heavy (non-hydrogen) atoms. The van der Waals surface area contributed by atoms with Gasteiger partial charge in [-0.3, -0.25) is 0 Å². The molecular weight excluding hydrogens is 417 g/mol. The van der Waals surface area contributed by atoms with Crippen molar-refractivity contribution in [2.45, 2.75) is 72.6 Å². The summed E-state index contributed by atoms with van der Waals surface area (Å²) in [7, 11) is 0. The molecule has 1 aromatic heterocycles. The van der Waals surface area contributed by atoms with Gasteiger partial charge in [0.2, 0.25) is 0 Å². The molecule has 0 saturated carbocycles. The third kappa shape index (κ3) is 5.32. The summed E-state index contributed by atoms with van der Waals surface area (Å²) in [6, 6.07) is 2.16. The van der Waals surface area contributed by atoms with Gasteiger partial charge in [-0.15, -0.1) is 0 Å². The van der Waals surface area contributed by atoms with E-state index < -0.39 is 18.4 Å². The first-order valence-corrected chi connectivity index (χ1v) is 16.6. The van der Waals surface area contributed by atoms with Crippen molar-refractivity contribution in [1.82, 2.24) is 4.98 Å². The summed E-state index contributed by atoms with van der Waals surface area (Å²) in [6.07, 6.45) is 12.3. The Morgan fingerprint density at radius 2 is 1.45 bits per heavy atom. The van der Waals surface area contributed by atoms with Crippen LogP contribution in [0.4, 0.5) is 0 Å². The Balaban J connectivity index is 3.08. The Labute approximate surface area is 138 Å². The van der Waals surface area contributed by atoms with Gasteiger partial charge in [0, 0.05) is 0 Å². The van der Waals surface area contributed by atoms with Crippen LogP contribution in [0.2, 0.25) is 13.3 Å². The van der Waals surface area contributed by atoms with Gasteiger partial charge in [-0.2, -0.15) is 0 Å². The van der Waals surface area contributed by atoms with Crippen LogP contribution in [0.1, 0.15) is 59.3 Å². The van der Waals surface area contributed by atoms with Crippen LogP contribution in [-0.2, 0) is 0 Å². The van der Waals surface area contributed by atoms with Crippen molar-refractivity contribution in [3.63, 3.8) is 0 Å². The summed E-state index contributed by atoms with van der Waals surface area (Å²) < 4.78 is 7.52. The van der Waals surface area contributed by atoms with Gasteiger partial charge in [0.05, 0.1) is 0 Å². The second-order valence-corrected chi connectivity index (χ2v) is 19.9. The van der Waals surface area contributed by atoms with E-state index in [0.717, 1.165) is 0 Å². The molecule has 0 unspecified atom stereocenters. The molecular formula is C17H30BrNSn. The molecule has 1 nitrogen and oxygen atoms in total. The van der Waals surface area contributed by atoms with Gasteiger partial charge in [0.15, 0.2) is 0 Å². The van der Waals surface area contributed by atoms with Gasteiger partial charge in [-0.1, -0.05) is 0 Å². The number of hydrogen-bond acceptors (Lipinski definition) is 1. The van der Waals surface area contributed by atoms with Crippen molar-refractivity contribution in [2.75, 3.05) is 0 Å². The van der Waals surface area contributed by atoms with Gasteiger partial charge < -0.3 is 0 Å². The Morgan fingerprint density at radius 1 is 0.950 bits per heavy atom. The zero-order chi connectivity index (χ0) is 14.8. The van der Waals surface area contributed by atoms with E-state index in [0.29, 0.717) is 0 Å². The number of nitrogens with zero attached hydrogens (tertiary/aromatic N) is 1. The van der Waals surface area contributed by atoms with Crippen LogP contribution in [0.15, 0.2) is 22.9 Å². The number of pyridine rings is 1. The quantitative estimate of drug-likeness (QED) is 0.408. The number of halogens is 1. The van der Waals surface area contributed by atoms with E-state index in [1.807, 2.05) is 6.20 Å². The van der Waals surface area contributed by atoms with Crippen LogP contribution >= 0.6 is 15.9 Å². The van der Waals surface area contributed by atoms with E-state index in [9.17, 15) is 0 Å². The first kappa shape index (κ1) is 18.5. The molecule has 0 saturated heterocycles. The van der Waals surface area contributed by atoms with Crippen LogP contribution in [0.25, 0.3) is 0 Å². The van der Waals surface area contributed by atoms with E-state index in [1.54, 1.807) is 3.58 Å². The maximum atomic E-state index is 4.46. The van der Waals surface area contributed by atoms with Gasteiger partial charge in [-0.25, -0.2) is 0 Å². The Bertz CT molecular complexity index is 359. The summed E-state index contributed by atoms with van der Waals surface area (Å²) in [6.45, 7) is 6.98. The van der Waals surface area contributed by atoms with Crippen molar-refractivity contribution in [3.05, 3.63) is 22.9 Å². The molecule has 0 spiro atoms. The zero-order valence-electron chi connectivity index (χ0n) is 13.4. The molecule has 3 heteroatoms. The predicted molar refractivity (Wildman–Crippen MR) is 96.5 cm³/mol. The molecule has 0 aliphatic carbocycles. The molecule has 0 N–H and O–H groups in total. The summed E-state index contributed by atoms with van der Waals surface area (Å²) in [4.78, 5) is 4.46. The number of hydrogen-bond donors (Lipinski definition) is 0. The Kier molecular flexibility index (Phi) is 9.43. The number of unbranched alkanes of at least 4 members (excludes halogenated alkanes) is 3. The van der Waals surface area contributed by atoms with Gasteiger partial charge >= 0.3 is 138 Å². The zero-order valence-corrected chi connectivity index (χ0v) is 17.9. The molecule has 1 heterocycles. The van der Waals surface area contributed by atoms with Crippen LogP contribution < -0.4 is 3.58 Å². The Morgan fingerprint density at radius 3 is 1.85 bits per heavy atom. The van der Waals surface area contributed by atoms with E-state index in [2.05, 4.69) is 53.9 Å². The van der Waals surface area contributed by atoms with Crippen molar-refractivity contribution < 1.29 is 0 Å². The minimum atomic E-state index is -2.27. The fourth-order valence-electron chi connectivity index (χ4n) is 3.09. The van der Waals surface area contributed by atoms with Crippen molar-refractivity contribution in [3.8, 4) is 0 Å². The van der Waals surface area contributed by atoms with Gasteiger partial charge in [0.25, 0.3) is 0 Å². The molecule has 0 aromatic carbocycles. The van der Waals surface area contributed by atoms with Crippen molar-refractivity contribution in [2.24, 2.45) is 0 Å². The second-order valence-electron chi connectivity index (χ2n) is 5.95. The van der Waals surface area contributed by atoms with Crippen LogP contribution in [0, 0.1) is 0 Å². The first-order valence-electron chi connectivity index (χ1n) is 8.30. The van der Waals surface area contributed by atoms with E-state index in [4.69, 9.17) is 0 Å². The van der Waals surface area contributed by atoms with Crippen LogP contribution in [0.3, 0.4) is 0 Å². The molecule has 1 aromatic rings. The van der Waals surface area contributed by atoms with Gasteiger partial charge in [-0.05, 0) is 0 Å². The van der Waals surface area contributed by atoms with Crippen LogP contribution in [-0.4, -0.2) is 23.4 Å². The third-order valence-corrected chi connectivity index (χ3v) is 21.7. The normalized spacial score (nSPS) is 11.8. The molecule has 0 amide bonds. The third-order valence-electron chi connectivity index (χ3n) is 4.37. The van der Waals surface area contributed by atoms with Crippen LogP contribution in [0.5, 0.6) is 0 Å². The fourth-order valence-corrected chi connectivity index (χ4v) is 22.1.